The summed E-state index contributed by atoms with van der Waals surface area (Å²) in [4.78, 5) is 0. The lowest BCUT2D eigenvalue weighted by atomic mass is 9.99. The quantitative estimate of drug-likeness (QED) is 0.891. The summed E-state index contributed by atoms with van der Waals surface area (Å²) >= 11 is 0. The Hall–Kier alpha value is -1.16. The molecule has 1 fully saturated rings. The minimum Gasteiger partial charge on any atom is -0.378 e. The topological polar surface area (TPSA) is 21.3 Å². The summed E-state index contributed by atoms with van der Waals surface area (Å²) in [6.45, 7) is 4.40. The standard InChI is InChI=1S/C15H21F2NO/c1-3-4-12-9-11(7-8-19-12)18-15-13(16)6-5-10(2)14(15)17/h5-6,11-12,18H,3-4,7-9H2,1-2H3. The van der Waals surface area contributed by atoms with Crippen LogP contribution in [-0.2, 0) is 4.74 Å². The van der Waals surface area contributed by atoms with Crippen LogP contribution in [0.4, 0.5) is 14.5 Å². The Labute approximate surface area is 113 Å². The lowest BCUT2D eigenvalue weighted by molar-refractivity contribution is 0.00588. The van der Waals surface area contributed by atoms with Crippen molar-refractivity contribution in [2.24, 2.45) is 0 Å². The van der Waals surface area contributed by atoms with Crippen LogP contribution in [0.15, 0.2) is 12.1 Å². The molecule has 2 atom stereocenters. The Morgan fingerprint density at radius 1 is 1.37 bits per heavy atom. The van der Waals surface area contributed by atoms with Crippen LogP contribution in [0.25, 0.3) is 0 Å². The molecule has 19 heavy (non-hydrogen) atoms. The Bertz CT molecular complexity index is 434. The fourth-order valence-electron chi connectivity index (χ4n) is 2.53. The van der Waals surface area contributed by atoms with Gasteiger partial charge in [0.1, 0.15) is 11.5 Å². The smallest absolute Gasteiger partial charge is 0.152 e. The average molecular weight is 269 g/mol. The predicted octanol–water partition coefficient (Wildman–Crippen LogP) is 4.03. The molecule has 1 aliphatic rings. The molecule has 2 nitrogen and oxygen atoms in total. The van der Waals surface area contributed by atoms with E-state index in [1.54, 1.807) is 6.92 Å². The van der Waals surface area contributed by atoms with Crippen LogP contribution in [0.1, 0.15) is 38.2 Å². The average Bonchev–Trinajstić information content (AvgIpc) is 2.40. The van der Waals surface area contributed by atoms with Crippen LogP contribution in [-0.4, -0.2) is 18.8 Å². The Morgan fingerprint density at radius 3 is 2.89 bits per heavy atom. The van der Waals surface area contributed by atoms with E-state index in [1.807, 2.05) is 0 Å². The molecule has 2 rings (SSSR count). The third kappa shape index (κ3) is 3.44. The van der Waals surface area contributed by atoms with Crippen molar-refractivity contribution in [3.63, 3.8) is 0 Å². The summed E-state index contributed by atoms with van der Waals surface area (Å²) in [7, 11) is 0. The van der Waals surface area contributed by atoms with Gasteiger partial charge in [0.15, 0.2) is 5.82 Å². The van der Waals surface area contributed by atoms with Crippen LogP contribution in [0.2, 0.25) is 0 Å². The van der Waals surface area contributed by atoms with E-state index in [2.05, 4.69) is 12.2 Å². The van der Waals surface area contributed by atoms with Crippen molar-refractivity contribution >= 4 is 5.69 Å². The van der Waals surface area contributed by atoms with Gasteiger partial charge < -0.3 is 10.1 Å². The van der Waals surface area contributed by atoms with Crippen molar-refractivity contribution in [1.29, 1.82) is 0 Å². The third-order valence-corrected chi connectivity index (χ3v) is 3.61. The molecule has 0 aromatic heterocycles. The second-order valence-electron chi connectivity index (χ2n) is 5.20. The largest absolute Gasteiger partial charge is 0.378 e. The number of halogens is 2. The summed E-state index contributed by atoms with van der Waals surface area (Å²) in [5.74, 6) is -1.01. The maximum atomic E-state index is 13.9. The molecule has 1 N–H and O–H groups in total. The monoisotopic (exact) mass is 269 g/mol. The summed E-state index contributed by atoms with van der Waals surface area (Å²) in [5.41, 5.74) is 0.461. The van der Waals surface area contributed by atoms with E-state index in [0.29, 0.717) is 12.2 Å². The molecule has 0 aliphatic carbocycles. The van der Waals surface area contributed by atoms with Gasteiger partial charge in [-0.25, -0.2) is 8.78 Å². The van der Waals surface area contributed by atoms with Crippen LogP contribution in [0.5, 0.6) is 0 Å². The van der Waals surface area contributed by atoms with E-state index in [9.17, 15) is 8.78 Å². The second-order valence-corrected chi connectivity index (χ2v) is 5.20. The van der Waals surface area contributed by atoms with Crippen molar-refractivity contribution in [2.45, 2.75) is 51.7 Å². The normalized spacial score (nSPS) is 23.4. The van der Waals surface area contributed by atoms with Gasteiger partial charge in [0.05, 0.1) is 6.10 Å². The van der Waals surface area contributed by atoms with E-state index in [0.717, 1.165) is 25.7 Å². The highest BCUT2D eigenvalue weighted by atomic mass is 19.1. The highest BCUT2D eigenvalue weighted by Crippen LogP contribution is 2.26. The summed E-state index contributed by atoms with van der Waals surface area (Å²) in [6.07, 6.45) is 3.85. The summed E-state index contributed by atoms with van der Waals surface area (Å²) in [5, 5.41) is 3.02. The first-order chi connectivity index (χ1) is 9.11. The van der Waals surface area contributed by atoms with Gasteiger partial charge in [-0.2, -0.15) is 0 Å². The maximum absolute atomic E-state index is 13.9. The molecular weight excluding hydrogens is 248 g/mol. The SMILES string of the molecule is CCCC1CC(Nc2c(F)ccc(C)c2F)CCO1. The van der Waals surface area contributed by atoms with Gasteiger partial charge >= 0.3 is 0 Å². The zero-order chi connectivity index (χ0) is 13.8. The van der Waals surface area contributed by atoms with Crippen LogP contribution in [0.3, 0.4) is 0 Å². The van der Waals surface area contributed by atoms with Crippen molar-refractivity contribution in [2.75, 3.05) is 11.9 Å². The van der Waals surface area contributed by atoms with E-state index in [1.165, 1.54) is 12.1 Å². The molecular formula is C15H21F2NO. The molecule has 0 saturated carbocycles. The fourth-order valence-corrected chi connectivity index (χ4v) is 2.53. The van der Waals surface area contributed by atoms with Crippen LogP contribution in [0, 0.1) is 18.6 Å². The number of rotatable bonds is 4. The maximum Gasteiger partial charge on any atom is 0.152 e. The van der Waals surface area contributed by atoms with Crippen molar-refractivity contribution in [3.8, 4) is 0 Å². The molecule has 2 unspecified atom stereocenters. The number of benzene rings is 1. The molecule has 1 aliphatic heterocycles. The molecule has 0 spiro atoms. The molecule has 1 aromatic carbocycles. The van der Waals surface area contributed by atoms with Gasteiger partial charge in [-0.3, -0.25) is 0 Å². The van der Waals surface area contributed by atoms with Gasteiger partial charge in [0.2, 0.25) is 0 Å². The lowest BCUT2D eigenvalue weighted by Crippen LogP contribution is -2.34. The zero-order valence-corrected chi connectivity index (χ0v) is 11.5. The lowest BCUT2D eigenvalue weighted by Gasteiger charge is -2.31. The number of nitrogens with one attached hydrogen (secondary N) is 1. The van der Waals surface area contributed by atoms with E-state index in [4.69, 9.17) is 4.74 Å². The van der Waals surface area contributed by atoms with Gasteiger partial charge in [-0.15, -0.1) is 0 Å². The summed E-state index contributed by atoms with van der Waals surface area (Å²) < 4.78 is 33.3. The Morgan fingerprint density at radius 2 is 2.16 bits per heavy atom. The number of aryl methyl sites for hydroxylation is 1. The molecule has 1 heterocycles. The number of ether oxygens (including phenoxy) is 1. The molecule has 0 radical (unpaired) electrons. The highest BCUT2D eigenvalue weighted by molar-refractivity contribution is 5.49. The van der Waals surface area contributed by atoms with E-state index in [-0.39, 0.29) is 17.8 Å². The first-order valence-corrected chi connectivity index (χ1v) is 6.94. The molecule has 0 amide bonds. The minimum atomic E-state index is -0.526. The van der Waals surface area contributed by atoms with Crippen LogP contribution >= 0.6 is 0 Å². The van der Waals surface area contributed by atoms with Crippen molar-refractivity contribution in [3.05, 3.63) is 29.3 Å². The van der Waals surface area contributed by atoms with Gasteiger partial charge in [-0.05, 0) is 37.8 Å². The minimum absolute atomic E-state index is 0.00199. The highest BCUT2D eigenvalue weighted by Gasteiger charge is 2.24. The molecule has 0 bridgehead atoms. The summed E-state index contributed by atoms with van der Waals surface area (Å²) in [6, 6.07) is 2.85. The first-order valence-electron chi connectivity index (χ1n) is 6.94. The van der Waals surface area contributed by atoms with E-state index < -0.39 is 11.6 Å². The van der Waals surface area contributed by atoms with Crippen LogP contribution < -0.4 is 5.32 Å². The molecule has 106 valence electrons. The number of hydrogen-bond donors (Lipinski definition) is 1. The molecule has 1 aromatic rings. The van der Waals surface area contributed by atoms with Gasteiger partial charge in [-0.1, -0.05) is 19.4 Å². The number of hydrogen-bond acceptors (Lipinski definition) is 2. The zero-order valence-electron chi connectivity index (χ0n) is 11.5. The second kappa shape index (κ2) is 6.33. The van der Waals surface area contributed by atoms with Crippen molar-refractivity contribution < 1.29 is 13.5 Å². The Balaban J connectivity index is 2.06. The number of anilines is 1. The fraction of sp³-hybridized carbons (Fsp3) is 0.600. The Kier molecular flexibility index (Phi) is 4.75. The first kappa shape index (κ1) is 14.3. The van der Waals surface area contributed by atoms with Gasteiger partial charge in [0, 0.05) is 12.6 Å². The van der Waals surface area contributed by atoms with E-state index >= 15 is 0 Å². The molecule has 1 saturated heterocycles. The molecule has 4 heteroatoms. The third-order valence-electron chi connectivity index (χ3n) is 3.61. The predicted molar refractivity (Wildman–Crippen MR) is 72.4 cm³/mol. The van der Waals surface area contributed by atoms with Crippen molar-refractivity contribution in [1.82, 2.24) is 0 Å². The van der Waals surface area contributed by atoms with Gasteiger partial charge in [0.25, 0.3) is 0 Å².